The van der Waals surface area contributed by atoms with Crippen LogP contribution in [0.2, 0.25) is 0 Å². The number of nitrogens with one attached hydrogen (secondary N) is 1. The predicted octanol–water partition coefficient (Wildman–Crippen LogP) is 2.42. The molecule has 1 saturated heterocycles. The second-order valence-electron chi connectivity index (χ2n) is 5.23. The van der Waals surface area contributed by atoms with E-state index >= 15 is 0 Å². The van der Waals surface area contributed by atoms with Crippen LogP contribution in [0.25, 0.3) is 0 Å². The molecule has 0 radical (unpaired) electrons. The maximum Gasteiger partial charge on any atom is 0.115 e. The maximum atomic E-state index is 9.59. The van der Waals surface area contributed by atoms with Gasteiger partial charge < -0.3 is 10.4 Å². The summed E-state index contributed by atoms with van der Waals surface area (Å²) in [5.74, 6) is 1.23. The molecule has 0 bridgehead atoms. The molecule has 1 saturated carbocycles. The lowest BCUT2D eigenvalue weighted by Gasteiger charge is -2.31. The van der Waals surface area contributed by atoms with E-state index in [0.29, 0.717) is 11.2 Å². The van der Waals surface area contributed by atoms with E-state index in [1.54, 1.807) is 6.07 Å². The van der Waals surface area contributed by atoms with Gasteiger partial charge in [-0.1, -0.05) is 12.1 Å². The van der Waals surface area contributed by atoms with Gasteiger partial charge in [-0.3, -0.25) is 0 Å². The van der Waals surface area contributed by atoms with Crippen LogP contribution in [0.3, 0.4) is 0 Å². The smallest absolute Gasteiger partial charge is 0.115 e. The SMILES string of the molecule is Oc1cccc(C2(C3CCNCC3)CC2)c1. The van der Waals surface area contributed by atoms with E-state index < -0.39 is 0 Å². The van der Waals surface area contributed by atoms with Crippen molar-refractivity contribution in [3.8, 4) is 5.75 Å². The van der Waals surface area contributed by atoms with Crippen molar-refractivity contribution in [1.29, 1.82) is 0 Å². The Bertz CT molecular complexity index is 378. The number of piperidine rings is 1. The van der Waals surface area contributed by atoms with E-state index in [-0.39, 0.29) is 0 Å². The summed E-state index contributed by atoms with van der Waals surface area (Å²) in [5, 5.41) is 13.0. The molecule has 0 unspecified atom stereocenters. The van der Waals surface area contributed by atoms with Crippen LogP contribution in [-0.4, -0.2) is 18.2 Å². The highest BCUT2D eigenvalue weighted by Gasteiger charge is 2.50. The average Bonchev–Trinajstić information content (AvgIpc) is 3.11. The molecule has 86 valence electrons. The summed E-state index contributed by atoms with van der Waals surface area (Å²) in [6.07, 6.45) is 5.19. The van der Waals surface area contributed by atoms with Gasteiger partial charge >= 0.3 is 0 Å². The van der Waals surface area contributed by atoms with Crippen molar-refractivity contribution in [2.24, 2.45) is 5.92 Å². The van der Waals surface area contributed by atoms with Crippen LogP contribution in [0.5, 0.6) is 5.75 Å². The highest BCUT2D eigenvalue weighted by Crippen LogP contribution is 2.56. The summed E-state index contributed by atoms with van der Waals surface area (Å²) < 4.78 is 0. The zero-order valence-electron chi connectivity index (χ0n) is 9.58. The van der Waals surface area contributed by atoms with Crippen molar-refractivity contribution < 1.29 is 5.11 Å². The molecule has 2 aliphatic rings. The van der Waals surface area contributed by atoms with Gasteiger partial charge in [-0.05, 0) is 67.8 Å². The number of aromatic hydroxyl groups is 1. The summed E-state index contributed by atoms with van der Waals surface area (Å²) in [4.78, 5) is 0. The minimum absolute atomic E-state index is 0.404. The lowest BCUT2D eigenvalue weighted by molar-refractivity contribution is 0.302. The Morgan fingerprint density at radius 2 is 1.94 bits per heavy atom. The van der Waals surface area contributed by atoms with Gasteiger partial charge in [-0.2, -0.15) is 0 Å². The first-order valence-electron chi connectivity index (χ1n) is 6.31. The molecule has 1 aromatic carbocycles. The van der Waals surface area contributed by atoms with Gasteiger partial charge in [0.05, 0.1) is 0 Å². The van der Waals surface area contributed by atoms with Crippen molar-refractivity contribution in [3.63, 3.8) is 0 Å². The first-order chi connectivity index (χ1) is 7.81. The summed E-state index contributed by atoms with van der Waals surface area (Å²) >= 11 is 0. The van der Waals surface area contributed by atoms with E-state index in [4.69, 9.17) is 0 Å². The Morgan fingerprint density at radius 3 is 2.56 bits per heavy atom. The Balaban J connectivity index is 1.87. The first kappa shape index (κ1) is 10.2. The van der Waals surface area contributed by atoms with Crippen LogP contribution in [0.1, 0.15) is 31.2 Å². The van der Waals surface area contributed by atoms with E-state index in [9.17, 15) is 5.11 Å². The van der Waals surface area contributed by atoms with Crippen LogP contribution < -0.4 is 5.32 Å². The molecule has 2 nitrogen and oxygen atoms in total. The van der Waals surface area contributed by atoms with E-state index in [1.807, 2.05) is 12.1 Å². The largest absolute Gasteiger partial charge is 0.508 e. The Kier molecular flexibility index (Phi) is 2.40. The van der Waals surface area contributed by atoms with Crippen molar-refractivity contribution in [2.75, 3.05) is 13.1 Å². The second kappa shape index (κ2) is 3.77. The maximum absolute atomic E-state index is 9.59. The van der Waals surface area contributed by atoms with Gasteiger partial charge in [0, 0.05) is 0 Å². The molecule has 0 spiro atoms. The number of benzene rings is 1. The van der Waals surface area contributed by atoms with Gasteiger partial charge in [0.25, 0.3) is 0 Å². The third kappa shape index (κ3) is 1.61. The third-order valence-electron chi connectivity index (χ3n) is 4.33. The lowest BCUT2D eigenvalue weighted by Crippen LogP contribution is -2.34. The summed E-state index contributed by atoms with van der Waals surface area (Å²) in [6.45, 7) is 2.32. The molecule has 2 fully saturated rings. The zero-order valence-corrected chi connectivity index (χ0v) is 9.58. The van der Waals surface area contributed by atoms with Crippen molar-refractivity contribution in [3.05, 3.63) is 29.8 Å². The molecule has 2 N–H and O–H groups in total. The zero-order chi connectivity index (χ0) is 11.0. The minimum atomic E-state index is 0.404. The highest BCUT2D eigenvalue weighted by molar-refractivity contribution is 5.37. The molecular formula is C14H19NO. The van der Waals surface area contributed by atoms with E-state index in [1.165, 1.54) is 31.2 Å². The van der Waals surface area contributed by atoms with Crippen LogP contribution in [0.4, 0.5) is 0 Å². The molecule has 16 heavy (non-hydrogen) atoms. The molecule has 0 atom stereocenters. The number of hydrogen-bond acceptors (Lipinski definition) is 2. The molecule has 1 aromatic rings. The Labute approximate surface area is 96.7 Å². The van der Waals surface area contributed by atoms with E-state index in [2.05, 4.69) is 11.4 Å². The number of phenols is 1. The topological polar surface area (TPSA) is 32.3 Å². The fourth-order valence-corrected chi connectivity index (χ4v) is 3.26. The Hall–Kier alpha value is -1.02. The fourth-order valence-electron chi connectivity index (χ4n) is 3.26. The van der Waals surface area contributed by atoms with Crippen LogP contribution in [-0.2, 0) is 5.41 Å². The Morgan fingerprint density at radius 1 is 1.19 bits per heavy atom. The number of hydrogen-bond donors (Lipinski definition) is 2. The molecule has 1 heterocycles. The first-order valence-corrected chi connectivity index (χ1v) is 6.31. The molecule has 0 amide bonds. The summed E-state index contributed by atoms with van der Waals surface area (Å²) in [6, 6.07) is 7.90. The van der Waals surface area contributed by atoms with Gasteiger partial charge in [0.15, 0.2) is 0 Å². The highest BCUT2D eigenvalue weighted by atomic mass is 16.3. The lowest BCUT2D eigenvalue weighted by atomic mass is 9.77. The van der Waals surface area contributed by atoms with Crippen LogP contribution >= 0.6 is 0 Å². The number of phenolic OH excluding ortho intramolecular Hbond substituents is 1. The molecular weight excluding hydrogens is 198 g/mol. The predicted molar refractivity (Wildman–Crippen MR) is 64.6 cm³/mol. The van der Waals surface area contributed by atoms with Gasteiger partial charge in [-0.25, -0.2) is 0 Å². The van der Waals surface area contributed by atoms with Gasteiger partial charge in [0.2, 0.25) is 0 Å². The molecule has 3 rings (SSSR count). The molecule has 2 heteroatoms. The quantitative estimate of drug-likeness (QED) is 0.797. The number of rotatable bonds is 2. The van der Waals surface area contributed by atoms with E-state index in [0.717, 1.165) is 19.0 Å². The normalized spacial score (nSPS) is 24.2. The molecule has 0 aromatic heterocycles. The fraction of sp³-hybridized carbons (Fsp3) is 0.571. The minimum Gasteiger partial charge on any atom is -0.508 e. The van der Waals surface area contributed by atoms with Crippen LogP contribution in [0, 0.1) is 5.92 Å². The molecule has 1 aliphatic heterocycles. The second-order valence-corrected chi connectivity index (χ2v) is 5.23. The standard InChI is InChI=1S/C14H19NO/c16-13-3-1-2-12(10-13)14(6-7-14)11-4-8-15-9-5-11/h1-3,10-11,15-16H,4-9H2. The summed E-state index contributed by atoms with van der Waals surface area (Å²) in [7, 11) is 0. The summed E-state index contributed by atoms with van der Waals surface area (Å²) in [5.41, 5.74) is 1.76. The third-order valence-corrected chi connectivity index (χ3v) is 4.33. The monoisotopic (exact) mass is 217 g/mol. The van der Waals surface area contributed by atoms with Crippen molar-refractivity contribution in [1.82, 2.24) is 5.32 Å². The van der Waals surface area contributed by atoms with Crippen molar-refractivity contribution in [2.45, 2.75) is 31.1 Å². The van der Waals surface area contributed by atoms with Gasteiger partial charge in [0.1, 0.15) is 5.75 Å². The molecule has 1 aliphatic carbocycles. The van der Waals surface area contributed by atoms with Gasteiger partial charge in [-0.15, -0.1) is 0 Å². The van der Waals surface area contributed by atoms with Crippen molar-refractivity contribution >= 4 is 0 Å². The average molecular weight is 217 g/mol. The van der Waals surface area contributed by atoms with Crippen LogP contribution in [0.15, 0.2) is 24.3 Å².